The summed E-state index contributed by atoms with van der Waals surface area (Å²) in [5, 5.41) is 10.1. The maximum absolute atomic E-state index is 13.5. The van der Waals surface area contributed by atoms with Crippen molar-refractivity contribution in [1.82, 2.24) is 4.98 Å². The molecule has 3 aromatic carbocycles. The smallest absolute Gasteiger partial charge is 0.279 e. The third-order valence-corrected chi connectivity index (χ3v) is 7.98. The number of fused-ring (bicyclic) bond motifs is 2. The number of benzene rings is 3. The molecule has 0 aliphatic carbocycles. The number of para-hydroxylation sites is 1. The van der Waals surface area contributed by atoms with E-state index >= 15 is 0 Å². The predicted molar refractivity (Wildman–Crippen MR) is 120 cm³/mol. The summed E-state index contributed by atoms with van der Waals surface area (Å²) in [6.07, 6.45) is 0. The Morgan fingerprint density at radius 1 is 0.967 bits per heavy atom. The van der Waals surface area contributed by atoms with Crippen LogP contribution in [0.3, 0.4) is 0 Å². The third kappa shape index (κ3) is 3.15. The van der Waals surface area contributed by atoms with Crippen molar-refractivity contribution in [1.29, 1.82) is 5.26 Å². The molecular weight excluding hydrogens is 414 g/mol. The summed E-state index contributed by atoms with van der Waals surface area (Å²) in [7, 11) is -3.73. The first kappa shape index (κ1) is 18.8. The molecule has 30 heavy (non-hydrogen) atoms. The molecule has 0 radical (unpaired) electrons. The average molecular weight is 432 g/mol. The van der Waals surface area contributed by atoms with E-state index in [2.05, 4.69) is 11.1 Å². The Morgan fingerprint density at radius 2 is 1.73 bits per heavy atom. The maximum Gasteiger partial charge on any atom is 0.279 e. The van der Waals surface area contributed by atoms with Gasteiger partial charge in [-0.25, -0.2) is 0 Å². The average Bonchev–Trinajstić information content (AvgIpc) is 3.24. The van der Waals surface area contributed by atoms with Gasteiger partial charge in [0.05, 0.1) is 17.3 Å². The van der Waals surface area contributed by atoms with E-state index in [0.717, 1.165) is 26.9 Å². The van der Waals surface area contributed by atoms with Gasteiger partial charge in [0.15, 0.2) is 5.03 Å². The maximum atomic E-state index is 13.5. The number of H-pyrrole nitrogens is 1. The molecule has 0 fully saturated rings. The third-order valence-electron chi connectivity index (χ3n) is 5.20. The molecule has 1 aliphatic rings. The first-order chi connectivity index (χ1) is 14.6. The lowest BCUT2D eigenvalue weighted by Crippen LogP contribution is -2.35. The highest BCUT2D eigenvalue weighted by molar-refractivity contribution is 8.00. The van der Waals surface area contributed by atoms with E-state index in [0.29, 0.717) is 23.5 Å². The highest BCUT2D eigenvalue weighted by Crippen LogP contribution is 2.40. The molecule has 0 unspecified atom stereocenters. The number of sulfonamides is 1. The minimum absolute atomic E-state index is 0.199. The van der Waals surface area contributed by atoms with Crippen molar-refractivity contribution in [2.75, 3.05) is 16.6 Å². The molecule has 2 heterocycles. The number of nitrogens with zero attached hydrogens (tertiary/aromatic N) is 2. The molecule has 1 aromatic heterocycles. The fraction of sp³-hybridized carbons (Fsp3) is 0.0870. The van der Waals surface area contributed by atoms with Gasteiger partial charge >= 0.3 is 0 Å². The van der Waals surface area contributed by atoms with Crippen LogP contribution in [0.4, 0.5) is 5.69 Å². The van der Waals surface area contributed by atoms with E-state index in [-0.39, 0.29) is 5.03 Å². The summed E-state index contributed by atoms with van der Waals surface area (Å²) >= 11 is 1.66. The lowest BCUT2D eigenvalue weighted by atomic mass is 10.0. The second-order valence-electron chi connectivity index (χ2n) is 7.02. The molecule has 0 bridgehead atoms. The zero-order valence-corrected chi connectivity index (χ0v) is 17.5. The van der Waals surface area contributed by atoms with Crippen molar-refractivity contribution >= 4 is 38.4 Å². The number of rotatable bonds is 3. The van der Waals surface area contributed by atoms with Crippen LogP contribution in [0.5, 0.6) is 0 Å². The Bertz CT molecular complexity index is 1370. The summed E-state index contributed by atoms with van der Waals surface area (Å²) in [4.78, 5) is 4.00. The SMILES string of the molecule is N#Cc1ccc(-c2ccc3c(c2)N(S(=O)(=O)c2cc4ccccc4[nH]2)CCS3)cc1. The van der Waals surface area contributed by atoms with Crippen molar-refractivity contribution in [2.45, 2.75) is 9.92 Å². The predicted octanol–water partition coefficient (Wildman–Crippen LogP) is 5.01. The minimum atomic E-state index is -3.73. The van der Waals surface area contributed by atoms with Gasteiger partial charge in [-0.1, -0.05) is 36.4 Å². The first-order valence-corrected chi connectivity index (χ1v) is 11.9. The van der Waals surface area contributed by atoms with Gasteiger partial charge in [-0.3, -0.25) is 4.31 Å². The van der Waals surface area contributed by atoms with Crippen LogP contribution in [0.15, 0.2) is 82.7 Å². The van der Waals surface area contributed by atoms with Crippen LogP contribution in [0, 0.1) is 11.3 Å². The number of hydrogen-bond acceptors (Lipinski definition) is 4. The summed E-state index contributed by atoms with van der Waals surface area (Å²) in [6.45, 7) is 0.409. The molecule has 4 aromatic rings. The molecule has 7 heteroatoms. The van der Waals surface area contributed by atoms with Crippen molar-refractivity contribution in [3.63, 3.8) is 0 Å². The van der Waals surface area contributed by atoms with Crippen molar-refractivity contribution < 1.29 is 8.42 Å². The molecule has 1 aliphatic heterocycles. The lowest BCUT2D eigenvalue weighted by Gasteiger charge is -2.30. The second-order valence-corrected chi connectivity index (χ2v) is 9.99. The fourth-order valence-corrected chi connectivity index (χ4v) is 6.31. The monoisotopic (exact) mass is 431 g/mol. The normalized spacial score (nSPS) is 13.8. The Morgan fingerprint density at radius 3 is 2.50 bits per heavy atom. The molecular formula is C23H17N3O2S2. The van der Waals surface area contributed by atoms with E-state index < -0.39 is 10.0 Å². The first-order valence-electron chi connectivity index (χ1n) is 9.44. The second kappa shape index (κ2) is 7.24. The van der Waals surface area contributed by atoms with Gasteiger partial charge < -0.3 is 4.98 Å². The summed E-state index contributed by atoms with van der Waals surface area (Å²) < 4.78 is 28.5. The van der Waals surface area contributed by atoms with E-state index in [1.807, 2.05) is 54.6 Å². The summed E-state index contributed by atoms with van der Waals surface area (Å²) in [5.74, 6) is 0.697. The Labute approximate surface area is 179 Å². The van der Waals surface area contributed by atoms with E-state index in [4.69, 9.17) is 5.26 Å². The molecule has 0 amide bonds. The minimum Gasteiger partial charge on any atom is -0.344 e. The van der Waals surface area contributed by atoms with Crippen LogP contribution < -0.4 is 4.31 Å². The van der Waals surface area contributed by atoms with Gasteiger partial charge in [0.2, 0.25) is 0 Å². The zero-order valence-electron chi connectivity index (χ0n) is 15.9. The number of anilines is 1. The molecule has 148 valence electrons. The highest BCUT2D eigenvalue weighted by atomic mass is 32.2. The molecule has 1 N–H and O–H groups in total. The zero-order chi connectivity index (χ0) is 20.7. The lowest BCUT2D eigenvalue weighted by molar-refractivity contribution is 0.588. The van der Waals surface area contributed by atoms with Gasteiger partial charge in [-0.2, -0.15) is 13.7 Å². The van der Waals surface area contributed by atoms with Crippen LogP contribution >= 0.6 is 11.8 Å². The Balaban J connectivity index is 1.59. The molecule has 0 atom stereocenters. The van der Waals surface area contributed by atoms with Crippen molar-refractivity contribution in [2.24, 2.45) is 0 Å². The number of hydrogen-bond donors (Lipinski definition) is 1. The van der Waals surface area contributed by atoms with Gasteiger partial charge in [0.1, 0.15) is 0 Å². The molecule has 0 spiro atoms. The van der Waals surface area contributed by atoms with Crippen LogP contribution in [-0.2, 0) is 10.0 Å². The Hall–Kier alpha value is -3.21. The van der Waals surface area contributed by atoms with E-state index in [9.17, 15) is 8.42 Å². The van der Waals surface area contributed by atoms with Crippen LogP contribution in [0.25, 0.3) is 22.0 Å². The fourth-order valence-electron chi connectivity index (χ4n) is 3.66. The molecule has 0 saturated carbocycles. The van der Waals surface area contributed by atoms with Gasteiger partial charge in [0.25, 0.3) is 10.0 Å². The van der Waals surface area contributed by atoms with Gasteiger partial charge in [0, 0.05) is 28.1 Å². The van der Waals surface area contributed by atoms with Crippen LogP contribution in [0.2, 0.25) is 0 Å². The molecule has 0 saturated heterocycles. The topological polar surface area (TPSA) is 77.0 Å². The van der Waals surface area contributed by atoms with Crippen LogP contribution in [0.1, 0.15) is 5.56 Å². The van der Waals surface area contributed by atoms with Gasteiger partial charge in [-0.05, 0) is 47.5 Å². The summed E-state index contributed by atoms with van der Waals surface area (Å²) in [6, 6.07) is 24.5. The molecule has 5 nitrogen and oxygen atoms in total. The van der Waals surface area contributed by atoms with Crippen LogP contribution in [-0.4, -0.2) is 25.7 Å². The number of nitriles is 1. The largest absolute Gasteiger partial charge is 0.344 e. The highest BCUT2D eigenvalue weighted by Gasteiger charge is 2.31. The van der Waals surface area contributed by atoms with Crippen molar-refractivity contribution in [3.05, 3.63) is 78.4 Å². The Kier molecular flexibility index (Phi) is 4.54. The number of nitrogens with one attached hydrogen (secondary N) is 1. The number of aromatic nitrogens is 1. The quantitative estimate of drug-likeness (QED) is 0.495. The van der Waals surface area contributed by atoms with E-state index in [1.165, 1.54) is 4.31 Å². The number of thioether (sulfide) groups is 1. The number of aromatic amines is 1. The standard InChI is InChI=1S/C23H17N3O2S2/c24-15-16-5-7-17(8-6-16)18-9-10-22-21(13-18)26(11-12-29-22)30(27,28)23-14-19-3-1-2-4-20(19)25-23/h1-10,13-14,25H,11-12H2. The summed E-state index contributed by atoms with van der Waals surface area (Å²) in [5.41, 5.74) is 3.93. The van der Waals surface area contributed by atoms with Gasteiger partial charge in [-0.15, -0.1) is 11.8 Å². The van der Waals surface area contributed by atoms with E-state index in [1.54, 1.807) is 30.0 Å². The molecule has 5 rings (SSSR count). The van der Waals surface area contributed by atoms with Crippen molar-refractivity contribution in [3.8, 4) is 17.2 Å².